The summed E-state index contributed by atoms with van der Waals surface area (Å²) >= 11 is 5.82. The van der Waals surface area contributed by atoms with E-state index >= 15 is 0 Å². The molecule has 0 radical (unpaired) electrons. The fourth-order valence-electron chi connectivity index (χ4n) is 2.54. The van der Waals surface area contributed by atoms with Gasteiger partial charge in [-0.25, -0.2) is 9.59 Å². The highest BCUT2D eigenvalue weighted by atomic mass is 35.5. The van der Waals surface area contributed by atoms with Crippen LogP contribution in [0, 0.1) is 0 Å². The Bertz CT molecular complexity index is 1130. The second kappa shape index (κ2) is 9.21. The summed E-state index contributed by atoms with van der Waals surface area (Å²) in [5.74, 6) is -0.850. The zero-order valence-electron chi connectivity index (χ0n) is 15.6. The van der Waals surface area contributed by atoms with Crippen molar-refractivity contribution in [3.63, 3.8) is 0 Å². The Balaban J connectivity index is 1.75. The number of halogens is 1. The standard InChI is InChI=1S/C22H18ClNO5/c1-2-11-24-21(26)18-12-15-6-9-17(13-19(15)29-22(18)27)28-20(25)10-5-14-3-7-16(23)8-4-14/h3-10,12-13H,2,11H2,1H3,(H,24,26)/b10-5+. The van der Waals surface area contributed by atoms with Crippen LogP contribution in [0.2, 0.25) is 5.02 Å². The number of carbonyl (C=O) groups excluding carboxylic acids is 2. The van der Waals surface area contributed by atoms with Crippen molar-refractivity contribution in [3.05, 3.63) is 81.2 Å². The van der Waals surface area contributed by atoms with E-state index in [1.165, 1.54) is 18.2 Å². The molecule has 7 heteroatoms. The molecule has 0 unspecified atom stereocenters. The van der Waals surface area contributed by atoms with Crippen LogP contribution in [-0.2, 0) is 4.79 Å². The minimum absolute atomic E-state index is 0.0680. The molecule has 29 heavy (non-hydrogen) atoms. The minimum atomic E-state index is -0.753. The van der Waals surface area contributed by atoms with Crippen molar-refractivity contribution in [2.45, 2.75) is 13.3 Å². The molecular formula is C22H18ClNO5. The van der Waals surface area contributed by atoms with Gasteiger partial charge in [0.05, 0.1) is 0 Å². The van der Waals surface area contributed by atoms with Crippen molar-refractivity contribution in [2.24, 2.45) is 0 Å². The van der Waals surface area contributed by atoms with Crippen LogP contribution in [0.1, 0.15) is 29.3 Å². The molecule has 0 aliphatic rings. The van der Waals surface area contributed by atoms with E-state index in [1.54, 1.807) is 42.5 Å². The number of hydrogen-bond donors (Lipinski definition) is 1. The molecule has 1 aromatic heterocycles. The monoisotopic (exact) mass is 411 g/mol. The van der Waals surface area contributed by atoms with Crippen molar-refractivity contribution in [1.29, 1.82) is 0 Å². The lowest BCUT2D eigenvalue weighted by atomic mass is 10.1. The van der Waals surface area contributed by atoms with Gasteiger partial charge < -0.3 is 14.5 Å². The topological polar surface area (TPSA) is 85.6 Å². The predicted molar refractivity (Wildman–Crippen MR) is 111 cm³/mol. The highest BCUT2D eigenvalue weighted by Crippen LogP contribution is 2.21. The molecule has 148 valence electrons. The summed E-state index contributed by atoms with van der Waals surface area (Å²) < 4.78 is 10.5. The Morgan fingerprint density at radius 2 is 1.90 bits per heavy atom. The third kappa shape index (κ3) is 5.33. The number of ether oxygens (including phenoxy) is 1. The molecule has 0 fully saturated rings. The molecule has 0 aliphatic carbocycles. The quantitative estimate of drug-likeness (QED) is 0.284. The van der Waals surface area contributed by atoms with Crippen molar-refractivity contribution >= 4 is 40.5 Å². The van der Waals surface area contributed by atoms with Gasteiger partial charge in [0.1, 0.15) is 16.9 Å². The van der Waals surface area contributed by atoms with Crippen LogP contribution in [0.25, 0.3) is 17.0 Å². The van der Waals surface area contributed by atoms with E-state index in [0.29, 0.717) is 17.0 Å². The molecule has 0 saturated carbocycles. The average Bonchev–Trinajstić information content (AvgIpc) is 2.71. The van der Waals surface area contributed by atoms with Gasteiger partial charge in [-0.3, -0.25) is 4.79 Å². The van der Waals surface area contributed by atoms with Crippen LogP contribution in [0.4, 0.5) is 0 Å². The number of esters is 1. The molecule has 0 saturated heterocycles. The van der Waals surface area contributed by atoms with Gasteiger partial charge in [0.25, 0.3) is 5.91 Å². The Labute approximate surface area is 171 Å². The maximum Gasteiger partial charge on any atom is 0.349 e. The van der Waals surface area contributed by atoms with Gasteiger partial charge in [-0.05, 0) is 48.4 Å². The van der Waals surface area contributed by atoms with Crippen LogP contribution < -0.4 is 15.7 Å². The summed E-state index contributed by atoms with van der Waals surface area (Å²) in [6.45, 7) is 2.38. The first-order chi connectivity index (χ1) is 14.0. The number of rotatable bonds is 6. The first-order valence-corrected chi connectivity index (χ1v) is 9.35. The summed E-state index contributed by atoms with van der Waals surface area (Å²) in [6, 6.07) is 13.0. The highest BCUT2D eigenvalue weighted by Gasteiger charge is 2.14. The zero-order valence-corrected chi connectivity index (χ0v) is 16.4. The van der Waals surface area contributed by atoms with E-state index < -0.39 is 17.5 Å². The van der Waals surface area contributed by atoms with Gasteiger partial charge >= 0.3 is 11.6 Å². The first-order valence-electron chi connectivity index (χ1n) is 8.98. The lowest BCUT2D eigenvalue weighted by Crippen LogP contribution is -2.28. The number of hydrogen-bond acceptors (Lipinski definition) is 5. The van der Waals surface area contributed by atoms with Crippen LogP contribution in [0.15, 0.2) is 63.8 Å². The maximum atomic E-state index is 12.1. The fourth-order valence-corrected chi connectivity index (χ4v) is 2.66. The molecule has 1 N–H and O–H groups in total. The predicted octanol–water partition coefficient (Wildman–Crippen LogP) is 4.21. The second-order valence-electron chi connectivity index (χ2n) is 6.21. The zero-order chi connectivity index (χ0) is 20.8. The molecular weight excluding hydrogens is 394 g/mol. The van der Waals surface area contributed by atoms with Crippen LogP contribution in [0.3, 0.4) is 0 Å². The van der Waals surface area contributed by atoms with Gasteiger partial charge in [-0.1, -0.05) is 30.7 Å². The van der Waals surface area contributed by atoms with Gasteiger partial charge in [-0.2, -0.15) is 0 Å². The largest absolute Gasteiger partial charge is 0.423 e. The number of benzene rings is 2. The van der Waals surface area contributed by atoms with E-state index in [2.05, 4.69) is 5.32 Å². The summed E-state index contributed by atoms with van der Waals surface area (Å²) in [7, 11) is 0. The Hall–Kier alpha value is -3.38. The van der Waals surface area contributed by atoms with E-state index in [9.17, 15) is 14.4 Å². The third-order valence-electron chi connectivity index (χ3n) is 3.99. The highest BCUT2D eigenvalue weighted by molar-refractivity contribution is 6.30. The molecule has 0 spiro atoms. The molecule has 0 atom stereocenters. The molecule has 0 aliphatic heterocycles. The molecule has 1 heterocycles. The van der Waals surface area contributed by atoms with Crippen LogP contribution >= 0.6 is 11.6 Å². The number of fused-ring (bicyclic) bond motifs is 1. The van der Waals surface area contributed by atoms with Crippen LogP contribution in [0.5, 0.6) is 5.75 Å². The number of amides is 1. The summed E-state index contributed by atoms with van der Waals surface area (Å²) in [5.41, 5.74) is 0.192. The van der Waals surface area contributed by atoms with Gasteiger partial charge in [-0.15, -0.1) is 0 Å². The van der Waals surface area contributed by atoms with Crippen molar-refractivity contribution in [1.82, 2.24) is 5.32 Å². The van der Waals surface area contributed by atoms with Crippen LogP contribution in [-0.4, -0.2) is 18.4 Å². The lowest BCUT2D eigenvalue weighted by molar-refractivity contribution is -0.128. The average molecular weight is 412 g/mol. The SMILES string of the molecule is CCCNC(=O)c1cc2ccc(OC(=O)/C=C/c3ccc(Cl)cc3)cc2oc1=O. The number of carbonyl (C=O) groups is 2. The van der Waals surface area contributed by atoms with E-state index in [0.717, 1.165) is 12.0 Å². The second-order valence-corrected chi connectivity index (χ2v) is 6.65. The fraction of sp³-hybridized carbons (Fsp3) is 0.136. The molecule has 0 bridgehead atoms. The van der Waals surface area contributed by atoms with Gasteiger partial charge in [0.2, 0.25) is 0 Å². The smallest absolute Gasteiger partial charge is 0.349 e. The lowest BCUT2D eigenvalue weighted by Gasteiger charge is -2.05. The Kier molecular flexibility index (Phi) is 6.46. The van der Waals surface area contributed by atoms with Gasteiger partial charge in [0, 0.05) is 29.1 Å². The molecule has 1 amide bonds. The first kappa shape index (κ1) is 20.4. The summed E-state index contributed by atoms with van der Waals surface area (Å²) in [5, 5.41) is 3.79. The molecule has 2 aromatic carbocycles. The van der Waals surface area contributed by atoms with E-state index in [1.807, 2.05) is 6.92 Å². The van der Waals surface area contributed by atoms with Crippen molar-refractivity contribution in [2.75, 3.05) is 6.54 Å². The van der Waals surface area contributed by atoms with Gasteiger partial charge in [0.15, 0.2) is 0 Å². The molecule has 3 aromatic rings. The third-order valence-corrected chi connectivity index (χ3v) is 4.24. The van der Waals surface area contributed by atoms with Crippen molar-refractivity contribution in [3.8, 4) is 5.75 Å². The minimum Gasteiger partial charge on any atom is -0.423 e. The van der Waals surface area contributed by atoms with E-state index in [-0.39, 0.29) is 16.9 Å². The van der Waals surface area contributed by atoms with Crippen molar-refractivity contribution < 1.29 is 18.7 Å². The normalized spacial score (nSPS) is 11.0. The Morgan fingerprint density at radius 3 is 2.62 bits per heavy atom. The summed E-state index contributed by atoms with van der Waals surface area (Å²) in [4.78, 5) is 36.2. The Morgan fingerprint density at radius 1 is 1.14 bits per heavy atom. The maximum absolute atomic E-state index is 12.1. The molecule has 6 nitrogen and oxygen atoms in total. The summed E-state index contributed by atoms with van der Waals surface area (Å²) in [6.07, 6.45) is 3.64. The number of nitrogens with one attached hydrogen (secondary N) is 1. The van der Waals surface area contributed by atoms with E-state index in [4.69, 9.17) is 20.8 Å². The molecule has 3 rings (SSSR count).